The highest BCUT2D eigenvalue weighted by Crippen LogP contribution is 2.35. The van der Waals surface area contributed by atoms with E-state index < -0.39 is 0 Å². The average Bonchev–Trinajstić information content (AvgIpc) is 3.21. The fourth-order valence-electron chi connectivity index (χ4n) is 3.55. The van der Waals surface area contributed by atoms with E-state index >= 15 is 0 Å². The lowest BCUT2D eigenvalue weighted by Crippen LogP contribution is -2.21. The minimum atomic E-state index is -0.0968. The number of nitrogens with one attached hydrogen (secondary N) is 1. The lowest BCUT2D eigenvalue weighted by atomic mass is 10.1. The highest BCUT2D eigenvalue weighted by atomic mass is 32.2. The van der Waals surface area contributed by atoms with Crippen LogP contribution < -0.4 is 10.9 Å². The molecule has 2 heterocycles. The van der Waals surface area contributed by atoms with Gasteiger partial charge in [-0.05, 0) is 49.8 Å². The molecule has 3 aromatic rings. The summed E-state index contributed by atoms with van der Waals surface area (Å²) in [6.07, 6.45) is 3.13. The summed E-state index contributed by atoms with van der Waals surface area (Å²) < 4.78 is 1.57. The second-order valence-corrected chi connectivity index (χ2v) is 8.93. The maximum Gasteiger partial charge on any atom is 0.262 e. The van der Waals surface area contributed by atoms with Crippen molar-refractivity contribution in [2.24, 2.45) is 7.05 Å². The first kappa shape index (κ1) is 18.3. The molecule has 1 aliphatic rings. The van der Waals surface area contributed by atoms with E-state index in [9.17, 15) is 9.59 Å². The molecule has 0 spiro atoms. The number of para-hydroxylation sites is 1. The first-order valence-electron chi connectivity index (χ1n) is 8.96. The molecule has 5 nitrogen and oxygen atoms in total. The smallest absolute Gasteiger partial charge is 0.262 e. The number of carbonyl (C=O) groups is 1. The molecule has 0 unspecified atom stereocenters. The maximum absolute atomic E-state index is 12.8. The van der Waals surface area contributed by atoms with Gasteiger partial charge in [0.2, 0.25) is 5.91 Å². The largest absolute Gasteiger partial charge is 0.325 e. The van der Waals surface area contributed by atoms with E-state index in [4.69, 9.17) is 0 Å². The molecule has 0 radical (unpaired) electrons. The van der Waals surface area contributed by atoms with Crippen molar-refractivity contribution in [2.45, 2.75) is 38.3 Å². The summed E-state index contributed by atoms with van der Waals surface area (Å²) in [4.78, 5) is 32.0. The first-order chi connectivity index (χ1) is 13.0. The van der Waals surface area contributed by atoms with Crippen LogP contribution in [-0.4, -0.2) is 21.2 Å². The molecule has 0 atom stereocenters. The van der Waals surface area contributed by atoms with Gasteiger partial charge in [-0.2, -0.15) is 0 Å². The number of nitrogens with zero attached hydrogens (tertiary/aromatic N) is 2. The molecule has 0 bridgehead atoms. The zero-order valence-corrected chi connectivity index (χ0v) is 17.2. The van der Waals surface area contributed by atoms with Crippen LogP contribution in [0.5, 0.6) is 0 Å². The number of benzene rings is 1. The van der Waals surface area contributed by atoms with Gasteiger partial charge in [-0.15, -0.1) is 11.3 Å². The zero-order chi connectivity index (χ0) is 19.1. The molecule has 0 saturated heterocycles. The fraction of sp³-hybridized carbons (Fsp3) is 0.350. The van der Waals surface area contributed by atoms with Gasteiger partial charge in [-0.3, -0.25) is 14.2 Å². The third-order valence-electron chi connectivity index (χ3n) is 4.98. The standard InChI is InChI=1S/C20H21N3O2S2/c1-11-6-4-7-12(2)17(11)21-15(24)10-26-20-22-18-16(19(25)23(20)3)13-8-5-9-14(13)27-18/h4,6-7H,5,8-10H2,1-3H3,(H,21,24). The lowest BCUT2D eigenvalue weighted by molar-refractivity contribution is -0.113. The molecule has 0 saturated carbocycles. The predicted molar refractivity (Wildman–Crippen MR) is 112 cm³/mol. The molecule has 140 valence electrons. The molecule has 0 fully saturated rings. The molecular formula is C20H21N3O2S2. The van der Waals surface area contributed by atoms with E-state index in [2.05, 4.69) is 10.3 Å². The summed E-state index contributed by atoms with van der Waals surface area (Å²) in [5.41, 5.74) is 4.11. The third-order valence-corrected chi connectivity index (χ3v) is 7.20. The van der Waals surface area contributed by atoms with Crippen molar-refractivity contribution in [1.29, 1.82) is 0 Å². The molecule has 1 aromatic carbocycles. The topological polar surface area (TPSA) is 64.0 Å². The van der Waals surface area contributed by atoms with Crippen LogP contribution in [0.4, 0.5) is 5.69 Å². The Morgan fingerprint density at radius 3 is 2.78 bits per heavy atom. The normalized spacial score (nSPS) is 13.1. The Bertz CT molecular complexity index is 1090. The second kappa shape index (κ2) is 7.13. The number of carbonyl (C=O) groups excluding carboxylic acids is 1. The number of thiophene rings is 1. The number of rotatable bonds is 4. The minimum Gasteiger partial charge on any atom is -0.325 e. The molecule has 4 rings (SSSR count). The summed E-state index contributed by atoms with van der Waals surface area (Å²) >= 11 is 2.93. The van der Waals surface area contributed by atoms with E-state index in [0.29, 0.717) is 5.16 Å². The number of amides is 1. The van der Waals surface area contributed by atoms with Gasteiger partial charge in [-0.25, -0.2) is 4.98 Å². The van der Waals surface area contributed by atoms with Crippen molar-refractivity contribution >= 4 is 44.9 Å². The molecule has 1 aliphatic carbocycles. The number of hydrogen-bond donors (Lipinski definition) is 1. The van der Waals surface area contributed by atoms with E-state index in [-0.39, 0.29) is 17.2 Å². The summed E-state index contributed by atoms with van der Waals surface area (Å²) in [7, 11) is 1.74. The summed E-state index contributed by atoms with van der Waals surface area (Å²) in [5, 5.41) is 4.34. The molecule has 7 heteroatoms. The van der Waals surface area contributed by atoms with Gasteiger partial charge in [0.1, 0.15) is 4.83 Å². The summed E-state index contributed by atoms with van der Waals surface area (Å²) in [6, 6.07) is 5.93. The molecule has 1 N–H and O–H groups in total. The zero-order valence-electron chi connectivity index (χ0n) is 15.6. The Kier molecular flexibility index (Phi) is 4.82. The summed E-state index contributed by atoms with van der Waals surface area (Å²) in [5.74, 6) is 0.116. The van der Waals surface area contributed by atoms with E-state index in [1.54, 1.807) is 23.0 Å². The Morgan fingerprint density at radius 1 is 1.30 bits per heavy atom. The number of hydrogen-bond acceptors (Lipinski definition) is 5. The fourth-order valence-corrected chi connectivity index (χ4v) is 5.63. The number of aryl methyl sites for hydroxylation is 4. The van der Waals surface area contributed by atoms with Gasteiger partial charge in [-0.1, -0.05) is 30.0 Å². The Hall–Kier alpha value is -2.12. The molecular weight excluding hydrogens is 378 g/mol. The van der Waals surface area contributed by atoms with E-state index in [0.717, 1.165) is 46.3 Å². The van der Waals surface area contributed by atoms with Crippen LogP contribution in [0, 0.1) is 13.8 Å². The van der Waals surface area contributed by atoms with Crippen molar-refractivity contribution in [3.63, 3.8) is 0 Å². The highest BCUT2D eigenvalue weighted by Gasteiger charge is 2.22. The van der Waals surface area contributed by atoms with Crippen molar-refractivity contribution in [3.8, 4) is 0 Å². The molecule has 2 aromatic heterocycles. The van der Waals surface area contributed by atoms with Gasteiger partial charge in [0.15, 0.2) is 5.16 Å². The minimum absolute atomic E-state index is 0.00273. The quantitative estimate of drug-likeness (QED) is 0.535. The Labute approximate surface area is 165 Å². The van der Waals surface area contributed by atoms with Crippen molar-refractivity contribution < 1.29 is 4.79 Å². The van der Waals surface area contributed by atoms with E-state index in [1.807, 2.05) is 32.0 Å². The van der Waals surface area contributed by atoms with Crippen molar-refractivity contribution in [2.75, 3.05) is 11.1 Å². The van der Waals surface area contributed by atoms with Crippen LogP contribution in [0.25, 0.3) is 10.2 Å². The third kappa shape index (κ3) is 3.30. The van der Waals surface area contributed by atoms with Crippen LogP contribution in [0.2, 0.25) is 0 Å². The highest BCUT2D eigenvalue weighted by molar-refractivity contribution is 7.99. The van der Waals surface area contributed by atoms with Crippen LogP contribution in [0.3, 0.4) is 0 Å². The SMILES string of the molecule is Cc1cccc(C)c1NC(=O)CSc1nc2sc3c(c2c(=O)n1C)CCC3. The average molecular weight is 400 g/mol. The summed E-state index contributed by atoms with van der Waals surface area (Å²) in [6.45, 7) is 3.95. The molecule has 27 heavy (non-hydrogen) atoms. The van der Waals surface area contributed by atoms with Crippen LogP contribution in [0.15, 0.2) is 28.2 Å². The van der Waals surface area contributed by atoms with Crippen LogP contribution in [0.1, 0.15) is 28.0 Å². The van der Waals surface area contributed by atoms with Crippen LogP contribution in [-0.2, 0) is 24.7 Å². The van der Waals surface area contributed by atoms with E-state index in [1.165, 1.54) is 22.2 Å². The predicted octanol–water partition coefficient (Wildman–Crippen LogP) is 3.83. The number of anilines is 1. The van der Waals surface area contributed by atoms with Crippen molar-refractivity contribution in [1.82, 2.24) is 9.55 Å². The number of thioether (sulfide) groups is 1. The van der Waals surface area contributed by atoms with Gasteiger partial charge < -0.3 is 5.32 Å². The second-order valence-electron chi connectivity index (χ2n) is 6.90. The number of aromatic nitrogens is 2. The van der Waals surface area contributed by atoms with Crippen molar-refractivity contribution in [3.05, 3.63) is 50.1 Å². The first-order valence-corrected chi connectivity index (χ1v) is 10.8. The van der Waals surface area contributed by atoms with Gasteiger partial charge in [0, 0.05) is 17.6 Å². The maximum atomic E-state index is 12.8. The lowest BCUT2D eigenvalue weighted by Gasteiger charge is -2.12. The monoisotopic (exact) mass is 399 g/mol. The van der Waals surface area contributed by atoms with Gasteiger partial charge in [0.25, 0.3) is 5.56 Å². The Morgan fingerprint density at radius 2 is 2.04 bits per heavy atom. The number of fused-ring (bicyclic) bond motifs is 3. The molecule has 0 aliphatic heterocycles. The van der Waals surface area contributed by atoms with Gasteiger partial charge >= 0.3 is 0 Å². The van der Waals surface area contributed by atoms with Gasteiger partial charge in [0.05, 0.1) is 11.1 Å². The Balaban J connectivity index is 1.55. The van der Waals surface area contributed by atoms with Crippen LogP contribution >= 0.6 is 23.1 Å². The molecule has 1 amide bonds.